The smallest absolute Gasteiger partial charge is 0.408 e. The van der Waals surface area contributed by atoms with E-state index in [9.17, 15) is 19.2 Å². The van der Waals surface area contributed by atoms with Gasteiger partial charge in [0.25, 0.3) is 0 Å². The molecule has 0 unspecified atom stereocenters. The van der Waals surface area contributed by atoms with Crippen molar-refractivity contribution in [3.8, 4) is 0 Å². The van der Waals surface area contributed by atoms with E-state index in [1.165, 1.54) is 0 Å². The van der Waals surface area contributed by atoms with Crippen molar-refractivity contribution in [2.24, 2.45) is 10.8 Å². The van der Waals surface area contributed by atoms with Gasteiger partial charge in [0.15, 0.2) is 0 Å². The standard InChI is InChI=1S/C30H49N3O6/c1-28(2,3)20-23(32-27(38)39-29(4,5)6)26(37)31-22-12-10-21(11-13-22)16-19-33(9)24(34)14-17-30(7,8)18-15-25(35)36/h10-13,23H,14-20H2,1-9H3,(H,31,37)(H,32,38)(H,35,36)/t23-/m0/s1. The average molecular weight is 548 g/mol. The number of alkyl carbamates (subject to hydrolysis) is 1. The molecule has 0 aliphatic heterocycles. The highest BCUT2D eigenvalue weighted by Crippen LogP contribution is 2.28. The first kappa shape index (κ1) is 33.9. The molecule has 0 spiro atoms. The van der Waals surface area contributed by atoms with Crippen LogP contribution < -0.4 is 10.6 Å². The van der Waals surface area contributed by atoms with Crippen molar-refractivity contribution in [3.63, 3.8) is 0 Å². The number of likely N-dealkylation sites (N-methyl/N-ethyl adjacent to an activating group) is 1. The highest BCUT2D eigenvalue weighted by atomic mass is 16.6. The fourth-order valence-corrected chi connectivity index (χ4v) is 3.88. The van der Waals surface area contributed by atoms with Crippen molar-refractivity contribution in [3.05, 3.63) is 29.8 Å². The molecular formula is C30H49N3O6. The summed E-state index contributed by atoms with van der Waals surface area (Å²) in [5, 5.41) is 14.5. The molecule has 0 saturated carbocycles. The van der Waals surface area contributed by atoms with E-state index in [0.29, 0.717) is 44.3 Å². The number of carbonyl (C=O) groups excluding carboxylic acids is 3. The molecule has 1 aromatic rings. The lowest BCUT2D eigenvalue weighted by Gasteiger charge is -2.27. The maximum Gasteiger partial charge on any atom is 0.408 e. The van der Waals surface area contributed by atoms with Crippen molar-refractivity contribution in [2.45, 2.75) is 106 Å². The maximum absolute atomic E-state index is 13.0. The summed E-state index contributed by atoms with van der Waals surface area (Å²) < 4.78 is 5.33. The Kier molecular flexibility index (Phi) is 12.5. The number of amides is 3. The average Bonchev–Trinajstić information content (AvgIpc) is 2.78. The molecule has 0 radical (unpaired) electrons. The number of carbonyl (C=O) groups is 4. The molecule has 1 rings (SSSR count). The van der Waals surface area contributed by atoms with Crippen molar-refractivity contribution in [1.82, 2.24) is 10.2 Å². The fraction of sp³-hybridized carbons (Fsp3) is 0.667. The van der Waals surface area contributed by atoms with Gasteiger partial charge in [-0.25, -0.2) is 4.79 Å². The Labute approximate surface area is 234 Å². The van der Waals surface area contributed by atoms with Crippen LogP contribution in [0.1, 0.15) is 93.1 Å². The van der Waals surface area contributed by atoms with Crippen LogP contribution in [0, 0.1) is 10.8 Å². The van der Waals surface area contributed by atoms with Crippen LogP contribution in [0.2, 0.25) is 0 Å². The van der Waals surface area contributed by atoms with Crippen LogP contribution in [0.5, 0.6) is 0 Å². The van der Waals surface area contributed by atoms with E-state index in [1.807, 2.05) is 58.9 Å². The van der Waals surface area contributed by atoms with Gasteiger partial charge in [-0.3, -0.25) is 14.4 Å². The second-order valence-electron chi connectivity index (χ2n) is 13.3. The van der Waals surface area contributed by atoms with Crippen molar-refractivity contribution in [1.29, 1.82) is 0 Å². The van der Waals surface area contributed by atoms with E-state index >= 15 is 0 Å². The molecule has 0 aliphatic rings. The second-order valence-corrected chi connectivity index (χ2v) is 13.3. The molecule has 39 heavy (non-hydrogen) atoms. The Morgan fingerprint density at radius 3 is 2.00 bits per heavy atom. The van der Waals surface area contributed by atoms with Gasteiger partial charge < -0.3 is 25.4 Å². The van der Waals surface area contributed by atoms with Crippen molar-refractivity contribution >= 4 is 29.6 Å². The van der Waals surface area contributed by atoms with Crippen LogP contribution in [-0.2, 0) is 25.5 Å². The van der Waals surface area contributed by atoms with Gasteiger partial charge in [0.2, 0.25) is 11.8 Å². The number of rotatable bonds is 13. The number of benzene rings is 1. The summed E-state index contributed by atoms with van der Waals surface area (Å²) in [6, 6.07) is 6.67. The molecule has 220 valence electrons. The highest BCUT2D eigenvalue weighted by Gasteiger charge is 2.29. The molecule has 3 N–H and O–H groups in total. The minimum Gasteiger partial charge on any atom is -0.481 e. The quantitative estimate of drug-likeness (QED) is 0.294. The van der Waals surface area contributed by atoms with E-state index in [1.54, 1.807) is 32.7 Å². The van der Waals surface area contributed by atoms with Crippen LogP contribution in [0.3, 0.4) is 0 Å². The Balaban J connectivity index is 2.66. The first-order valence-corrected chi connectivity index (χ1v) is 13.6. The number of hydrogen-bond acceptors (Lipinski definition) is 5. The second kappa shape index (κ2) is 14.3. The summed E-state index contributed by atoms with van der Waals surface area (Å²) in [5.74, 6) is -1.11. The molecule has 9 nitrogen and oxygen atoms in total. The molecule has 1 aromatic carbocycles. The van der Waals surface area contributed by atoms with Crippen LogP contribution in [0.4, 0.5) is 10.5 Å². The Hall–Kier alpha value is -3.10. The number of hydrogen-bond donors (Lipinski definition) is 3. The van der Waals surface area contributed by atoms with Gasteiger partial charge in [-0.2, -0.15) is 0 Å². The summed E-state index contributed by atoms with van der Waals surface area (Å²) >= 11 is 0. The minimum absolute atomic E-state index is 0.0321. The fourth-order valence-electron chi connectivity index (χ4n) is 3.88. The van der Waals surface area contributed by atoms with Crippen LogP contribution >= 0.6 is 0 Å². The number of nitrogens with zero attached hydrogens (tertiary/aromatic N) is 1. The topological polar surface area (TPSA) is 125 Å². The monoisotopic (exact) mass is 547 g/mol. The molecule has 0 heterocycles. The van der Waals surface area contributed by atoms with Gasteiger partial charge in [-0.15, -0.1) is 0 Å². The Morgan fingerprint density at radius 1 is 0.923 bits per heavy atom. The summed E-state index contributed by atoms with van der Waals surface area (Å²) in [6.07, 6.45) is 2.11. The van der Waals surface area contributed by atoms with Crippen LogP contribution in [-0.4, -0.2) is 59.1 Å². The summed E-state index contributed by atoms with van der Waals surface area (Å²) in [6.45, 7) is 15.8. The van der Waals surface area contributed by atoms with Crippen molar-refractivity contribution in [2.75, 3.05) is 18.9 Å². The molecule has 3 amide bonds. The molecule has 0 bridgehead atoms. The van der Waals surface area contributed by atoms with E-state index in [4.69, 9.17) is 9.84 Å². The van der Waals surface area contributed by atoms with Gasteiger partial charge in [0.1, 0.15) is 11.6 Å². The van der Waals surface area contributed by atoms with E-state index in [-0.39, 0.29) is 29.1 Å². The lowest BCUT2D eigenvalue weighted by molar-refractivity contribution is -0.137. The van der Waals surface area contributed by atoms with Crippen LogP contribution in [0.25, 0.3) is 0 Å². The normalized spacial score (nSPS) is 12.8. The number of carboxylic acid groups (broad SMARTS) is 1. The summed E-state index contributed by atoms with van der Waals surface area (Å²) in [4.78, 5) is 50.4. The predicted octanol–water partition coefficient (Wildman–Crippen LogP) is 5.63. The van der Waals surface area contributed by atoms with Gasteiger partial charge in [0, 0.05) is 32.1 Å². The minimum atomic E-state index is -0.820. The van der Waals surface area contributed by atoms with E-state index < -0.39 is 23.7 Å². The lowest BCUT2D eigenvalue weighted by atomic mass is 9.83. The molecule has 0 fully saturated rings. The molecule has 9 heteroatoms. The molecule has 0 aromatic heterocycles. The largest absolute Gasteiger partial charge is 0.481 e. The number of nitrogens with one attached hydrogen (secondary N) is 2. The van der Waals surface area contributed by atoms with Gasteiger partial charge >= 0.3 is 12.1 Å². The van der Waals surface area contributed by atoms with Crippen molar-refractivity contribution < 1.29 is 29.0 Å². The SMILES string of the molecule is CN(CCc1ccc(NC(=O)[C@H](CC(C)(C)C)NC(=O)OC(C)(C)C)cc1)C(=O)CCC(C)(C)CCC(=O)O. The first-order chi connectivity index (χ1) is 17.8. The van der Waals surface area contributed by atoms with Gasteiger partial charge in [-0.05, 0) is 75.0 Å². The predicted molar refractivity (Wildman–Crippen MR) is 154 cm³/mol. The zero-order chi connectivity index (χ0) is 30.0. The number of carboxylic acids is 1. The summed E-state index contributed by atoms with van der Waals surface area (Å²) in [5.41, 5.74) is 0.566. The number of aliphatic carboxylic acids is 1. The van der Waals surface area contributed by atoms with Gasteiger partial charge in [-0.1, -0.05) is 46.8 Å². The maximum atomic E-state index is 13.0. The van der Waals surface area contributed by atoms with Crippen LogP contribution in [0.15, 0.2) is 24.3 Å². The molecular weight excluding hydrogens is 498 g/mol. The zero-order valence-electron chi connectivity index (χ0n) is 25.3. The third-order valence-corrected chi connectivity index (χ3v) is 6.24. The number of ether oxygens (including phenoxy) is 1. The van der Waals surface area contributed by atoms with Gasteiger partial charge in [0.05, 0.1) is 0 Å². The molecule has 1 atom stereocenters. The first-order valence-electron chi connectivity index (χ1n) is 13.6. The molecule has 0 aliphatic carbocycles. The van der Waals surface area contributed by atoms with E-state index in [0.717, 1.165) is 5.56 Å². The molecule has 0 saturated heterocycles. The Bertz CT molecular complexity index is 974. The third-order valence-electron chi connectivity index (χ3n) is 6.24. The Morgan fingerprint density at radius 2 is 1.49 bits per heavy atom. The lowest BCUT2D eigenvalue weighted by Crippen LogP contribution is -2.47. The highest BCUT2D eigenvalue weighted by molar-refractivity contribution is 5.96. The zero-order valence-corrected chi connectivity index (χ0v) is 25.3. The summed E-state index contributed by atoms with van der Waals surface area (Å²) in [7, 11) is 1.77. The van der Waals surface area contributed by atoms with E-state index in [2.05, 4.69) is 10.6 Å². The number of anilines is 1. The third kappa shape index (κ3) is 15.2.